The standard InChI is InChI=1S/C24H26FN5O2/c1-17-5-3-10-27-24(17)29-22-15-26-14-21(28-22)18-6-4-11-30(16-18)23(31)9-12-32-20-8-2-7-19(25)13-20/h2-3,5,7-8,10,13-15,18H,4,6,9,11-12,16H2,1H3,(H,27,28,29). The molecule has 0 radical (unpaired) electrons. The quantitative estimate of drug-likeness (QED) is 0.598. The number of amides is 1. The number of aromatic nitrogens is 3. The summed E-state index contributed by atoms with van der Waals surface area (Å²) in [7, 11) is 0. The molecule has 1 aliphatic heterocycles. The molecule has 3 aromatic rings. The van der Waals surface area contributed by atoms with Gasteiger partial charge in [0.1, 0.15) is 23.2 Å². The van der Waals surface area contributed by atoms with E-state index in [0.717, 1.165) is 29.9 Å². The van der Waals surface area contributed by atoms with Gasteiger partial charge in [0.15, 0.2) is 0 Å². The number of carbonyl (C=O) groups excluding carboxylic acids is 1. The number of hydrogen-bond donors (Lipinski definition) is 1. The smallest absolute Gasteiger partial charge is 0.226 e. The summed E-state index contributed by atoms with van der Waals surface area (Å²) in [5.74, 6) is 1.60. The van der Waals surface area contributed by atoms with Crippen molar-refractivity contribution >= 4 is 17.5 Å². The number of nitrogens with zero attached hydrogens (tertiary/aromatic N) is 4. The van der Waals surface area contributed by atoms with Gasteiger partial charge in [0.2, 0.25) is 5.91 Å². The van der Waals surface area contributed by atoms with Gasteiger partial charge >= 0.3 is 0 Å². The van der Waals surface area contributed by atoms with Crippen LogP contribution in [0.5, 0.6) is 5.75 Å². The van der Waals surface area contributed by atoms with E-state index in [-0.39, 0.29) is 30.7 Å². The molecule has 1 amide bonds. The molecule has 0 aliphatic carbocycles. The Kier molecular flexibility index (Phi) is 6.89. The van der Waals surface area contributed by atoms with Gasteiger partial charge in [-0.05, 0) is 43.5 Å². The Bertz CT molecular complexity index is 1080. The van der Waals surface area contributed by atoms with Crippen molar-refractivity contribution in [2.75, 3.05) is 25.0 Å². The summed E-state index contributed by atoms with van der Waals surface area (Å²) in [4.78, 5) is 28.0. The zero-order valence-corrected chi connectivity index (χ0v) is 18.0. The maximum atomic E-state index is 13.2. The second kappa shape index (κ2) is 10.2. The molecule has 2 aromatic heterocycles. The fourth-order valence-electron chi connectivity index (χ4n) is 3.79. The Labute approximate surface area is 186 Å². The largest absolute Gasteiger partial charge is 0.493 e. The molecule has 1 saturated heterocycles. The second-order valence-corrected chi connectivity index (χ2v) is 7.86. The topological polar surface area (TPSA) is 80.2 Å². The van der Waals surface area contributed by atoms with Crippen molar-refractivity contribution in [1.29, 1.82) is 0 Å². The number of carbonyl (C=O) groups is 1. The molecule has 0 bridgehead atoms. The lowest BCUT2D eigenvalue weighted by Crippen LogP contribution is -2.39. The van der Waals surface area contributed by atoms with Gasteiger partial charge in [-0.1, -0.05) is 12.1 Å². The Balaban J connectivity index is 1.34. The highest BCUT2D eigenvalue weighted by Gasteiger charge is 2.26. The number of likely N-dealkylation sites (tertiary alicyclic amines) is 1. The number of halogens is 1. The van der Waals surface area contributed by atoms with Gasteiger partial charge in [0, 0.05) is 37.5 Å². The van der Waals surface area contributed by atoms with Crippen LogP contribution in [-0.4, -0.2) is 45.5 Å². The number of benzene rings is 1. The Morgan fingerprint density at radius 2 is 2.19 bits per heavy atom. The average Bonchev–Trinajstić information content (AvgIpc) is 2.81. The van der Waals surface area contributed by atoms with Gasteiger partial charge in [0.25, 0.3) is 0 Å². The SMILES string of the molecule is Cc1cccnc1Nc1cncc(C2CCCN(C(=O)CCOc3cccc(F)c3)C2)n1. The molecule has 7 nitrogen and oxygen atoms in total. The van der Waals surface area contributed by atoms with Crippen molar-refractivity contribution in [3.63, 3.8) is 0 Å². The molecule has 1 N–H and O–H groups in total. The highest BCUT2D eigenvalue weighted by Crippen LogP contribution is 2.27. The number of hydrogen-bond acceptors (Lipinski definition) is 6. The fourth-order valence-corrected chi connectivity index (χ4v) is 3.79. The van der Waals surface area contributed by atoms with Crippen molar-refractivity contribution in [3.8, 4) is 5.75 Å². The minimum absolute atomic E-state index is 0.0254. The summed E-state index contributed by atoms with van der Waals surface area (Å²) in [5.41, 5.74) is 1.88. The third-order valence-electron chi connectivity index (χ3n) is 5.48. The molecule has 1 fully saturated rings. The van der Waals surface area contributed by atoms with Gasteiger partial charge in [0.05, 0.1) is 24.9 Å². The molecule has 1 aromatic carbocycles. The van der Waals surface area contributed by atoms with Crippen molar-refractivity contribution in [3.05, 3.63) is 72.1 Å². The van der Waals surface area contributed by atoms with Gasteiger partial charge in [-0.15, -0.1) is 0 Å². The summed E-state index contributed by atoms with van der Waals surface area (Å²) < 4.78 is 18.8. The van der Waals surface area contributed by atoms with Crippen LogP contribution in [-0.2, 0) is 4.79 Å². The van der Waals surface area contributed by atoms with Gasteiger partial charge in [-0.25, -0.2) is 14.4 Å². The molecule has 32 heavy (non-hydrogen) atoms. The highest BCUT2D eigenvalue weighted by atomic mass is 19.1. The first-order chi connectivity index (χ1) is 15.6. The Morgan fingerprint density at radius 3 is 3.03 bits per heavy atom. The Hall–Kier alpha value is -3.55. The van der Waals surface area contributed by atoms with E-state index >= 15 is 0 Å². The van der Waals surface area contributed by atoms with Crippen molar-refractivity contribution in [2.45, 2.75) is 32.1 Å². The van der Waals surface area contributed by atoms with E-state index in [2.05, 4.69) is 15.3 Å². The van der Waals surface area contributed by atoms with Crippen LogP contribution in [0.3, 0.4) is 0 Å². The monoisotopic (exact) mass is 435 g/mol. The van der Waals surface area contributed by atoms with Crippen LogP contribution in [0.1, 0.15) is 36.4 Å². The average molecular weight is 436 g/mol. The first-order valence-electron chi connectivity index (χ1n) is 10.8. The lowest BCUT2D eigenvalue weighted by atomic mass is 9.95. The summed E-state index contributed by atoms with van der Waals surface area (Å²) in [5, 5.41) is 3.22. The molecule has 0 saturated carbocycles. The zero-order valence-electron chi connectivity index (χ0n) is 18.0. The summed E-state index contributed by atoms with van der Waals surface area (Å²) in [6, 6.07) is 9.80. The lowest BCUT2D eigenvalue weighted by Gasteiger charge is -2.32. The third kappa shape index (κ3) is 5.57. The molecule has 4 rings (SSSR count). The second-order valence-electron chi connectivity index (χ2n) is 7.86. The van der Waals surface area contributed by atoms with E-state index in [1.807, 2.05) is 24.0 Å². The highest BCUT2D eigenvalue weighted by molar-refractivity contribution is 5.76. The third-order valence-corrected chi connectivity index (χ3v) is 5.48. The van der Waals surface area contributed by atoms with Crippen LogP contribution in [0.2, 0.25) is 0 Å². The first-order valence-corrected chi connectivity index (χ1v) is 10.8. The van der Waals surface area contributed by atoms with Crippen LogP contribution in [0, 0.1) is 12.7 Å². The van der Waals surface area contributed by atoms with Gasteiger partial charge in [-0.2, -0.15) is 0 Å². The van der Waals surface area contributed by atoms with E-state index in [9.17, 15) is 9.18 Å². The fraction of sp³-hybridized carbons (Fsp3) is 0.333. The van der Waals surface area contributed by atoms with E-state index in [4.69, 9.17) is 9.72 Å². The predicted molar refractivity (Wildman–Crippen MR) is 119 cm³/mol. The van der Waals surface area contributed by atoms with E-state index in [1.54, 1.807) is 30.7 Å². The predicted octanol–water partition coefficient (Wildman–Crippen LogP) is 4.24. The number of nitrogens with one attached hydrogen (secondary N) is 1. The maximum absolute atomic E-state index is 13.2. The van der Waals surface area contributed by atoms with Crippen molar-refractivity contribution in [1.82, 2.24) is 19.9 Å². The molecule has 166 valence electrons. The maximum Gasteiger partial charge on any atom is 0.226 e. The zero-order chi connectivity index (χ0) is 22.3. The summed E-state index contributed by atoms with van der Waals surface area (Å²) in [6.45, 7) is 3.51. The molecule has 1 unspecified atom stereocenters. The van der Waals surface area contributed by atoms with Crippen LogP contribution < -0.4 is 10.1 Å². The number of pyridine rings is 1. The number of aryl methyl sites for hydroxylation is 1. The van der Waals surface area contributed by atoms with E-state index < -0.39 is 0 Å². The molecular formula is C24H26FN5O2. The molecule has 0 spiro atoms. The number of anilines is 2. The summed E-state index contributed by atoms with van der Waals surface area (Å²) >= 11 is 0. The lowest BCUT2D eigenvalue weighted by molar-refractivity contribution is -0.132. The minimum Gasteiger partial charge on any atom is -0.493 e. The molecule has 1 aliphatic rings. The normalized spacial score (nSPS) is 15.9. The number of piperidine rings is 1. The number of rotatable bonds is 7. The Morgan fingerprint density at radius 1 is 1.28 bits per heavy atom. The molecule has 1 atom stereocenters. The van der Waals surface area contributed by atoms with Crippen LogP contribution in [0.25, 0.3) is 0 Å². The number of ether oxygens (including phenoxy) is 1. The van der Waals surface area contributed by atoms with E-state index in [1.165, 1.54) is 12.1 Å². The minimum atomic E-state index is -0.358. The molecule has 8 heteroatoms. The first kappa shape index (κ1) is 21.7. The molecular weight excluding hydrogens is 409 g/mol. The van der Waals surface area contributed by atoms with Crippen molar-refractivity contribution < 1.29 is 13.9 Å². The summed E-state index contributed by atoms with van der Waals surface area (Å²) in [6.07, 6.45) is 7.27. The van der Waals surface area contributed by atoms with Crippen molar-refractivity contribution in [2.24, 2.45) is 0 Å². The van der Waals surface area contributed by atoms with Crippen LogP contribution in [0.4, 0.5) is 16.0 Å². The van der Waals surface area contributed by atoms with Gasteiger partial charge in [-0.3, -0.25) is 9.78 Å². The van der Waals surface area contributed by atoms with E-state index in [0.29, 0.717) is 24.7 Å². The van der Waals surface area contributed by atoms with Gasteiger partial charge < -0.3 is 15.0 Å². The van der Waals surface area contributed by atoms with Crippen LogP contribution in [0.15, 0.2) is 55.0 Å². The molecule has 3 heterocycles. The van der Waals surface area contributed by atoms with Crippen LogP contribution >= 0.6 is 0 Å².